The maximum absolute atomic E-state index is 14.2. The molecule has 0 saturated carbocycles. The third-order valence-electron chi connectivity index (χ3n) is 6.21. The summed E-state index contributed by atoms with van der Waals surface area (Å²) < 4.78 is 3.15. The quantitative estimate of drug-likeness (QED) is 0.384. The van der Waals surface area contributed by atoms with Crippen molar-refractivity contribution in [3.63, 3.8) is 0 Å². The van der Waals surface area contributed by atoms with Gasteiger partial charge in [-0.25, -0.2) is 4.98 Å². The van der Waals surface area contributed by atoms with Crippen LogP contribution in [0.3, 0.4) is 0 Å². The Balaban J connectivity index is 1.76. The summed E-state index contributed by atoms with van der Waals surface area (Å²) in [4.78, 5) is 34.2. The van der Waals surface area contributed by atoms with Gasteiger partial charge < -0.3 is 15.6 Å². The van der Waals surface area contributed by atoms with Crippen LogP contribution < -0.4 is 22.2 Å². The topological polar surface area (TPSA) is 132 Å². The van der Waals surface area contributed by atoms with E-state index in [1.165, 1.54) is 16.8 Å². The van der Waals surface area contributed by atoms with Gasteiger partial charge in [-0.2, -0.15) is 10.2 Å². The second-order valence-electron chi connectivity index (χ2n) is 8.65. The molecule has 5 aromatic rings. The van der Waals surface area contributed by atoms with Crippen LogP contribution in [0.2, 0.25) is 0 Å². The van der Waals surface area contributed by atoms with E-state index in [4.69, 9.17) is 5.73 Å². The van der Waals surface area contributed by atoms with Crippen molar-refractivity contribution in [3.05, 3.63) is 111 Å². The molecule has 1 unspecified atom stereocenters. The molecular weight excluding hydrogens is 466 g/mol. The maximum atomic E-state index is 14.2. The van der Waals surface area contributed by atoms with Crippen LogP contribution in [0, 0.1) is 11.3 Å². The molecule has 0 radical (unpaired) electrons. The summed E-state index contributed by atoms with van der Waals surface area (Å²) in [5.74, 6) is 0.322. The van der Waals surface area contributed by atoms with E-state index in [0.717, 1.165) is 16.5 Å². The molecule has 0 spiro atoms. The van der Waals surface area contributed by atoms with E-state index >= 15 is 0 Å². The van der Waals surface area contributed by atoms with Gasteiger partial charge in [0.15, 0.2) is 0 Å². The normalized spacial score (nSPS) is 11.7. The average Bonchev–Trinajstić information content (AvgIpc) is 2.90. The number of aryl methyl sites for hydroxylation is 1. The van der Waals surface area contributed by atoms with Crippen LogP contribution in [-0.4, -0.2) is 19.1 Å². The number of pyridine rings is 2. The van der Waals surface area contributed by atoms with Crippen molar-refractivity contribution in [2.45, 2.75) is 13.0 Å². The Bertz CT molecular complexity index is 1800. The fourth-order valence-electron chi connectivity index (χ4n) is 4.40. The minimum atomic E-state index is -0.431. The van der Waals surface area contributed by atoms with E-state index in [9.17, 15) is 14.9 Å². The number of nitrogens with one attached hydrogen (secondary N) is 1. The van der Waals surface area contributed by atoms with Crippen LogP contribution in [0.1, 0.15) is 24.2 Å². The van der Waals surface area contributed by atoms with Gasteiger partial charge in [-0.3, -0.25) is 14.2 Å². The standard InChI is InChI=1S/C28H23N7O2/c1-17(32-26-20(14-29)15-31-28(30)33-26)23-13-18-7-6-10-22(19-11-12-24(36)34(2)16-19)25(18)27(37)35(23)21-8-4-3-5-9-21/h3-13,15-17H,1-2H3,(H3,30,31,32,33). The van der Waals surface area contributed by atoms with Crippen LogP contribution in [0.25, 0.3) is 27.6 Å². The van der Waals surface area contributed by atoms with Crippen molar-refractivity contribution in [1.29, 1.82) is 5.26 Å². The maximum Gasteiger partial charge on any atom is 0.263 e. The fourth-order valence-corrected chi connectivity index (χ4v) is 4.40. The molecular formula is C28H23N7O2. The number of hydrogen-bond acceptors (Lipinski definition) is 7. The Morgan fingerprint density at radius 3 is 2.57 bits per heavy atom. The molecule has 3 heterocycles. The smallest absolute Gasteiger partial charge is 0.263 e. The lowest BCUT2D eigenvalue weighted by Gasteiger charge is -2.22. The molecule has 0 aliphatic rings. The third-order valence-corrected chi connectivity index (χ3v) is 6.21. The molecule has 9 nitrogen and oxygen atoms in total. The van der Waals surface area contributed by atoms with Crippen LogP contribution in [0.4, 0.5) is 11.8 Å². The van der Waals surface area contributed by atoms with Crippen molar-refractivity contribution in [1.82, 2.24) is 19.1 Å². The fraction of sp³-hybridized carbons (Fsp3) is 0.107. The first-order valence-electron chi connectivity index (χ1n) is 11.6. The Labute approximate surface area is 212 Å². The van der Waals surface area contributed by atoms with Crippen LogP contribution in [-0.2, 0) is 7.05 Å². The largest absolute Gasteiger partial charge is 0.368 e. The molecule has 9 heteroatoms. The van der Waals surface area contributed by atoms with Crippen molar-refractivity contribution in [3.8, 4) is 22.9 Å². The highest BCUT2D eigenvalue weighted by Crippen LogP contribution is 2.30. The van der Waals surface area contributed by atoms with Crippen LogP contribution >= 0.6 is 0 Å². The molecule has 0 amide bonds. The van der Waals surface area contributed by atoms with Crippen LogP contribution in [0.15, 0.2) is 88.7 Å². The molecule has 2 aromatic carbocycles. The molecule has 1 atom stereocenters. The second-order valence-corrected chi connectivity index (χ2v) is 8.65. The number of nitrogens with zero attached hydrogens (tertiary/aromatic N) is 5. The van der Waals surface area contributed by atoms with Crippen molar-refractivity contribution >= 4 is 22.5 Å². The molecule has 0 saturated heterocycles. The van der Waals surface area contributed by atoms with Gasteiger partial charge in [0.1, 0.15) is 17.5 Å². The number of rotatable bonds is 5. The summed E-state index contributed by atoms with van der Waals surface area (Å²) in [6.07, 6.45) is 3.09. The number of para-hydroxylation sites is 1. The predicted molar refractivity (Wildman–Crippen MR) is 143 cm³/mol. The van der Waals surface area contributed by atoms with Crippen molar-refractivity contribution in [2.24, 2.45) is 7.05 Å². The molecule has 37 heavy (non-hydrogen) atoms. The van der Waals surface area contributed by atoms with Crippen molar-refractivity contribution in [2.75, 3.05) is 11.1 Å². The van der Waals surface area contributed by atoms with E-state index in [1.54, 1.807) is 23.9 Å². The summed E-state index contributed by atoms with van der Waals surface area (Å²) >= 11 is 0. The zero-order valence-electron chi connectivity index (χ0n) is 20.2. The zero-order valence-corrected chi connectivity index (χ0v) is 20.2. The van der Waals surface area contributed by atoms with Gasteiger partial charge in [0.2, 0.25) is 11.5 Å². The third kappa shape index (κ3) is 4.32. The molecule has 3 N–H and O–H groups in total. The number of hydrogen-bond donors (Lipinski definition) is 2. The van der Waals surface area contributed by atoms with Gasteiger partial charge in [0, 0.05) is 30.7 Å². The lowest BCUT2D eigenvalue weighted by molar-refractivity contribution is 0.772. The van der Waals surface area contributed by atoms with Gasteiger partial charge >= 0.3 is 0 Å². The van der Waals surface area contributed by atoms with Gasteiger partial charge in [-0.15, -0.1) is 0 Å². The molecule has 182 valence electrons. The van der Waals surface area contributed by atoms with Crippen LogP contribution in [0.5, 0.6) is 0 Å². The molecule has 0 bridgehead atoms. The number of fused-ring (bicyclic) bond motifs is 1. The highest BCUT2D eigenvalue weighted by atomic mass is 16.1. The number of benzene rings is 2. The predicted octanol–water partition coefficient (Wildman–Crippen LogP) is 3.77. The first-order chi connectivity index (χ1) is 17.9. The summed E-state index contributed by atoms with van der Waals surface area (Å²) in [6.45, 7) is 1.89. The summed E-state index contributed by atoms with van der Waals surface area (Å²) in [6, 6.07) is 21.8. The number of aromatic nitrogens is 4. The molecule has 5 rings (SSSR count). The SMILES string of the molecule is CC(Nc1nc(N)ncc1C#N)c1cc2cccc(-c3ccc(=O)n(C)c3)c2c(=O)n1-c1ccccc1. The lowest BCUT2D eigenvalue weighted by atomic mass is 9.98. The number of nitriles is 1. The molecule has 0 aliphatic carbocycles. The van der Waals surface area contributed by atoms with E-state index in [-0.39, 0.29) is 28.4 Å². The van der Waals surface area contributed by atoms with E-state index < -0.39 is 6.04 Å². The van der Waals surface area contributed by atoms with Gasteiger partial charge in [-0.05, 0) is 47.7 Å². The second kappa shape index (κ2) is 9.43. The molecule has 0 aliphatic heterocycles. The number of nitrogens with two attached hydrogens (primary N) is 1. The summed E-state index contributed by atoms with van der Waals surface area (Å²) in [7, 11) is 1.68. The Kier molecular flexibility index (Phi) is 5.99. The van der Waals surface area contributed by atoms with E-state index in [2.05, 4.69) is 21.4 Å². The monoisotopic (exact) mass is 489 g/mol. The van der Waals surface area contributed by atoms with E-state index in [0.29, 0.717) is 16.8 Å². The Hall–Kier alpha value is -5.23. The number of anilines is 2. The minimum Gasteiger partial charge on any atom is -0.368 e. The highest BCUT2D eigenvalue weighted by molar-refractivity contribution is 5.96. The van der Waals surface area contributed by atoms with Gasteiger partial charge in [0.25, 0.3) is 5.56 Å². The Morgan fingerprint density at radius 1 is 1.05 bits per heavy atom. The summed E-state index contributed by atoms with van der Waals surface area (Å²) in [5.41, 5.74) is 8.51. The average molecular weight is 490 g/mol. The Morgan fingerprint density at radius 2 is 1.84 bits per heavy atom. The molecule has 3 aromatic heterocycles. The minimum absolute atomic E-state index is 0.0366. The first-order valence-corrected chi connectivity index (χ1v) is 11.6. The summed E-state index contributed by atoms with van der Waals surface area (Å²) in [5, 5.41) is 14.0. The van der Waals surface area contributed by atoms with E-state index in [1.807, 2.05) is 61.5 Å². The first kappa shape index (κ1) is 23.5. The lowest BCUT2D eigenvalue weighted by Crippen LogP contribution is -2.26. The number of nitrogen functional groups attached to an aromatic ring is 1. The molecule has 0 fully saturated rings. The van der Waals surface area contributed by atoms with Gasteiger partial charge in [-0.1, -0.05) is 36.4 Å². The van der Waals surface area contributed by atoms with Gasteiger partial charge in [0.05, 0.1) is 17.6 Å². The highest BCUT2D eigenvalue weighted by Gasteiger charge is 2.20. The zero-order chi connectivity index (χ0) is 26.1. The van der Waals surface area contributed by atoms with Crippen molar-refractivity contribution < 1.29 is 0 Å².